The number of aromatic nitrogens is 1. The van der Waals surface area contributed by atoms with E-state index in [1.807, 2.05) is 6.92 Å². The Bertz CT molecular complexity index is 790. The fourth-order valence-corrected chi connectivity index (χ4v) is 2.39. The minimum absolute atomic E-state index is 0.151. The molecule has 0 spiro atoms. The molecule has 1 aromatic carbocycles. The van der Waals surface area contributed by atoms with Gasteiger partial charge in [-0.15, -0.1) is 0 Å². The Morgan fingerprint density at radius 3 is 2.69 bits per heavy atom. The topological polar surface area (TPSA) is 91.5 Å². The molecule has 2 aromatic rings. The van der Waals surface area contributed by atoms with Crippen molar-refractivity contribution in [3.05, 3.63) is 52.8 Å². The summed E-state index contributed by atoms with van der Waals surface area (Å²) >= 11 is 5.93. The van der Waals surface area contributed by atoms with E-state index in [-0.39, 0.29) is 18.1 Å². The first-order chi connectivity index (χ1) is 12.4. The lowest BCUT2D eigenvalue weighted by molar-refractivity contribution is -0.137. The van der Waals surface area contributed by atoms with Crippen LogP contribution in [-0.2, 0) is 14.3 Å². The third kappa shape index (κ3) is 5.35. The van der Waals surface area contributed by atoms with Crippen LogP contribution in [0.25, 0.3) is 0 Å². The maximum Gasteiger partial charge on any atom is 0.355 e. The Hall–Kier alpha value is -2.80. The number of nitrogens with zero attached hydrogens (tertiary/aromatic N) is 1. The van der Waals surface area contributed by atoms with E-state index in [1.54, 1.807) is 43.5 Å². The van der Waals surface area contributed by atoms with E-state index in [1.165, 1.54) is 4.90 Å². The van der Waals surface area contributed by atoms with Gasteiger partial charge >= 0.3 is 5.97 Å². The van der Waals surface area contributed by atoms with E-state index in [0.29, 0.717) is 17.3 Å². The van der Waals surface area contributed by atoms with Gasteiger partial charge < -0.3 is 19.9 Å². The van der Waals surface area contributed by atoms with Gasteiger partial charge in [-0.25, -0.2) is 4.79 Å². The molecule has 1 heterocycles. The molecule has 0 atom stereocenters. The predicted octanol–water partition coefficient (Wildman–Crippen LogP) is 2.62. The maximum atomic E-state index is 12.2. The lowest BCUT2D eigenvalue weighted by Crippen LogP contribution is -2.40. The number of aryl methyl sites for hydroxylation is 1. The molecular weight excluding hydrogens is 358 g/mol. The molecule has 138 valence electrons. The van der Waals surface area contributed by atoms with Gasteiger partial charge in [0.15, 0.2) is 6.61 Å². The standard InChI is InChI=1S/C18H20ClN3O4/c1-3-22(17(24)11-26-18(25)14-5-4-8-20-14)10-16(23)21-15-9-13(19)7-6-12(15)2/h4-9,20H,3,10-11H2,1-2H3,(H,21,23). The van der Waals surface area contributed by atoms with Crippen LogP contribution in [0.4, 0.5) is 5.69 Å². The first-order valence-corrected chi connectivity index (χ1v) is 8.42. The van der Waals surface area contributed by atoms with Crippen molar-refractivity contribution in [2.24, 2.45) is 0 Å². The minimum atomic E-state index is -0.626. The van der Waals surface area contributed by atoms with Gasteiger partial charge in [-0.05, 0) is 43.7 Å². The van der Waals surface area contributed by atoms with E-state index >= 15 is 0 Å². The highest BCUT2D eigenvalue weighted by Crippen LogP contribution is 2.20. The van der Waals surface area contributed by atoms with Crippen molar-refractivity contribution < 1.29 is 19.1 Å². The van der Waals surface area contributed by atoms with Gasteiger partial charge in [0.1, 0.15) is 5.69 Å². The Balaban J connectivity index is 1.88. The quantitative estimate of drug-likeness (QED) is 0.725. The normalized spacial score (nSPS) is 10.3. The van der Waals surface area contributed by atoms with Crippen molar-refractivity contribution in [2.45, 2.75) is 13.8 Å². The molecule has 0 fully saturated rings. The van der Waals surface area contributed by atoms with Gasteiger partial charge in [0.2, 0.25) is 5.91 Å². The highest BCUT2D eigenvalue weighted by atomic mass is 35.5. The molecule has 0 aliphatic rings. The average Bonchev–Trinajstić information content (AvgIpc) is 3.15. The molecule has 0 aliphatic heterocycles. The average molecular weight is 378 g/mol. The number of ether oxygens (including phenoxy) is 1. The van der Waals surface area contributed by atoms with Crippen molar-refractivity contribution in [1.82, 2.24) is 9.88 Å². The number of carbonyl (C=O) groups is 3. The number of esters is 1. The summed E-state index contributed by atoms with van der Waals surface area (Å²) in [5.74, 6) is -1.44. The molecule has 0 saturated heterocycles. The lowest BCUT2D eigenvalue weighted by atomic mass is 10.2. The molecule has 0 unspecified atom stereocenters. The van der Waals surface area contributed by atoms with Crippen LogP contribution in [0.2, 0.25) is 5.02 Å². The van der Waals surface area contributed by atoms with Crippen LogP contribution >= 0.6 is 11.6 Å². The molecule has 26 heavy (non-hydrogen) atoms. The fourth-order valence-electron chi connectivity index (χ4n) is 2.22. The van der Waals surface area contributed by atoms with Gasteiger partial charge in [-0.3, -0.25) is 9.59 Å². The first kappa shape index (κ1) is 19.5. The zero-order chi connectivity index (χ0) is 19.1. The van der Waals surface area contributed by atoms with Gasteiger partial charge in [-0.1, -0.05) is 17.7 Å². The molecule has 2 amide bonds. The SMILES string of the molecule is CCN(CC(=O)Nc1cc(Cl)ccc1C)C(=O)COC(=O)c1ccc[nH]1. The molecule has 0 saturated carbocycles. The van der Waals surface area contributed by atoms with E-state index in [4.69, 9.17) is 16.3 Å². The number of carbonyl (C=O) groups excluding carboxylic acids is 3. The summed E-state index contributed by atoms with van der Waals surface area (Å²) in [5.41, 5.74) is 1.70. The number of hydrogen-bond acceptors (Lipinski definition) is 4. The summed E-state index contributed by atoms with van der Waals surface area (Å²) in [4.78, 5) is 40.1. The molecule has 7 nitrogen and oxygen atoms in total. The third-order valence-electron chi connectivity index (χ3n) is 3.69. The fraction of sp³-hybridized carbons (Fsp3) is 0.278. The van der Waals surface area contributed by atoms with Crippen molar-refractivity contribution in [1.29, 1.82) is 0 Å². The number of hydrogen-bond donors (Lipinski definition) is 2. The number of H-pyrrole nitrogens is 1. The molecule has 8 heteroatoms. The van der Waals surface area contributed by atoms with Crippen molar-refractivity contribution in [2.75, 3.05) is 25.0 Å². The molecule has 2 rings (SSSR count). The highest BCUT2D eigenvalue weighted by Gasteiger charge is 2.18. The smallest absolute Gasteiger partial charge is 0.355 e. The summed E-state index contributed by atoms with van der Waals surface area (Å²) in [6.07, 6.45) is 1.58. The monoisotopic (exact) mass is 377 g/mol. The van der Waals surface area contributed by atoms with Crippen LogP contribution in [0.1, 0.15) is 23.0 Å². The van der Waals surface area contributed by atoms with Crippen molar-refractivity contribution in [3.63, 3.8) is 0 Å². The summed E-state index contributed by atoms with van der Waals surface area (Å²) in [5, 5.41) is 3.23. The maximum absolute atomic E-state index is 12.2. The van der Waals surface area contributed by atoms with Crippen LogP contribution in [0.15, 0.2) is 36.5 Å². The number of halogens is 1. The second-order valence-electron chi connectivity index (χ2n) is 5.58. The predicted molar refractivity (Wildman–Crippen MR) is 98.1 cm³/mol. The lowest BCUT2D eigenvalue weighted by Gasteiger charge is -2.20. The summed E-state index contributed by atoms with van der Waals surface area (Å²) in [6, 6.07) is 8.36. The van der Waals surface area contributed by atoms with Crippen molar-refractivity contribution >= 4 is 35.1 Å². The Morgan fingerprint density at radius 1 is 1.27 bits per heavy atom. The summed E-state index contributed by atoms with van der Waals surface area (Å²) < 4.78 is 4.96. The number of anilines is 1. The Kier molecular flexibility index (Phi) is 6.80. The zero-order valence-electron chi connectivity index (χ0n) is 14.5. The van der Waals surface area contributed by atoms with Gasteiger partial charge in [0.25, 0.3) is 5.91 Å². The largest absolute Gasteiger partial charge is 0.451 e. The molecular formula is C18H20ClN3O4. The summed E-state index contributed by atoms with van der Waals surface area (Å²) in [7, 11) is 0. The number of benzene rings is 1. The number of rotatable bonds is 7. The minimum Gasteiger partial charge on any atom is -0.451 e. The van der Waals surface area contributed by atoms with Crippen LogP contribution < -0.4 is 5.32 Å². The van der Waals surface area contributed by atoms with Gasteiger partial charge in [-0.2, -0.15) is 0 Å². The van der Waals surface area contributed by atoms with Gasteiger partial charge in [0, 0.05) is 23.5 Å². The molecule has 0 bridgehead atoms. The zero-order valence-corrected chi connectivity index (χ0v) is 15.3. The third-order valence-corrected chi connectivity index (χ3v) is 3.92. The van der Waals surface area contributed by atoms with E-state index in [2.05, 4.69) is 10.3 Å². The Morgan fingerprint density at radius 2 is 2.04 bits per heavy atom. The van der Waals surface area contributed by atoms with E-state index in [0.717, 1.165) is 5.56 Å². The number of likely N-dealkylation sites (N-methyl/N-ethyl adjacent to an activating group) is 1. The second-order valence-corrected chi connectivity index (χ2v) is 6.01. The van der Waals surface area contributed by atoms with Crippen molar-refractivity contribution in [3.8, 4) is 0 Å². The Labute approximate surface area is 156 Å². The molecule has 0 aliphatic carbocycles. The van der Waals surface area contributed by atoms with Crippen LogP contribution in [0, 0.1) is 6.92 Å². The van der Waals surface area contributed by atoms with Crippen LogP contribution in [0.5, 0.6) is 0 Å². The van der Waals surface area contributed by atoms with Crippen LogP contribution in [0.3, 0.4) is 0 Å². The number of amides is 2. The summed E-state index contributed by atoms with van der Waals surface area (Å²) in [6.45, 7) is 3.30. The molecule has 2 N–H and O–H groups in total. The second kappa shape index (κ2) is 9.05. The highest BCUT2D eigenvalue weighted by molar-refractivity contribution is 6.31. The molecule has 1 aromatic heterocycles. The van der Waals surface area contributed by atoms with Gasteiger partial charge in [0.05, 0.1) is 6.54 Å². The molecule has 0 radical (unpaired) electrons. The van der Waals surface area contributed by atoms with E-state index < -0.39 is 18.5 Å². The number of nitrogens with one attached hydrogen (secondary N) is 2. The number of aromatic amines is 1. The first-order valence-electron chi connectivity index (χ1n) is 8.05. The van der Waals surface area contributed by atoms with E-state index in [9.17, 15) is 14.4 Å². The van der Waals surface area contributed by atoms with Crippen LogP contribution in [-0.4, -0.2) is 47.4 Å².